The molecule has 2 unspecified atom stereocenters. The van der Waals surface area contributed by atoms with Crippen molar-refractivity contribution in [3.05, 3.63) is 94.5 Å². The van der Waals surface area contributed by atoms with Gasteiger partial charge in [0.05, 0.1) is 13.2 Å². The Bertz CT molecular complexity index is 1120. The topological polar surface area (TPSA) is 44.8 Å². The van der Waals surface area contributed by atoms with E-state index in [4.69, 9.17) is 14.2 Å². The fourth-order valence-corrected chi connectivity index (χ4v) is 4.82. The molecule has 0 radical (unpaired) electrons. The summed E-state index contributed by atoms with van der Waals surface area (Å²) >= 11 is 0. The largest absolute Gasteiger partial charge is 0.464 e. The monoisotopic (exact) mass is 472 g/mol. The highest BCUT2D eigenvalue weighted by atomic mass is 16.6. The van der Waals surface area contributed by atoms with Gasteiger partial charge in [0.15, 0.2) is 6.10 Å². The van der Waals surface area contributed by atoms with E-state index < -0.39 is 6.10 Å². The standard InChI is InChI=1S/C31H36O4/c1-4-9-23-16-17-27-28(20-23)25-10-7-8-11-26(25)30(27)35-19-18-22-12-14-24(15-13-22)21-29(33-5-2)31(32)34-6-3/h7-8,10-17,20,29-30H,4-6,9,18-19,21H2,1-3H3. The molecule has 4 nitrogen and oxygen atoms in total. The van der Waals surface area contributed by atoms with Gasteiger partial charge in [0, 0.05) is 13.0 Å². The molecule has 4 rings (SSSR count). The van der Waals surface area contributed by atoms with Crippen LogP contribution in [0.2, 0.25) is 0 Å². The van der Waals surface area contributed by atoms with Gasteiger partial charge in [0.25, 0.3) is 0 Å². The number of rotatable bonds is 12. The summed E-state index contributed by atoms with van der Waals surface area (Å²) in [5.74, 6) is -0.300. The SMILES string of the molecule is CCCc1ccc2c(c1)-c1ccccc1C2OCCc1ccc(CC(OCC)C(=O)OCC)cc1. The van der Waals surface area contributed by atoms with Gasteiger partial charge in [0.1, 0.15) is 6.10 Å². The van der Waals surface area contributed by atoms with Gasteiger partial charge in [-0.1, -0.05) is 80.1 Å². The Labute approximate surface area is 209 Å². The van der Waals surface area contributed by atoms with Gasteiger partial charge in [-0.25, -0.2) is 4.79 Å². The lowest BCUT2D eigenvalue weighted by Crippen LogP contribution is -2.29. The molecule has 1 aliphatic rings. The maximum Gasteiger partial charge on any atom is 0.335 e. The van der Waals surface area contributed by atoms with Crippen LogP contribution in [0.3, 0.4) is 0 Å². The number of aryl methyl sites for hydroxylation is 1. The second-order valence-corrected chi connectivity index (χ2v) is 8.98. The van der Waals surface area contributed by atoms with E-state index in [1.807, 2.05) is 13.8 Å². The van der Waals surface area contributed by atoms with Crippen LogP contribution < -0.4 is 0 Å². The zero-order valence-electron chi connectivity index (χ0n) is 21.1. The zero-order chi connectivity index (χ0) is 24.6. The predicted molar refractivity (Wildman–Crippen MR) is 140 cm³/mol. The van der Waals surface area contributed by atoms with Crippen molar-refractivity contribution in [3.8, 4) is 11.1 Å². The first kappa shape index (κ1) is 25.2. The Morgan fingerprint density at radius 1 is 0.800 bits per heavy atom. The molecular weight excluding hydrogens is 436 g/mol. The summed E-state index contributed by atoms with van der Waals surface area (Å²) in [5.41, 5.74) is 8.78. The van der Waals surface area contributed by atoms with Crippen molar-refractivity contribution in [2.45, 2.75) is 58.7 Å². The van der Waals surface area contributed by atoms with Gasteiger partial charge >= 0.3 is 5.97 Å². The predicted octanol–water partition coefficient (Wildman–Crippen LogP) is 6.48. The van der Waals surface area contributed by atoms with Crippen LogP contribution in [0.4, 0.5) is 0 Å². The van der Waals surface area contributed by atoms with Crippen LogP contribution in [0.1, 0.15) is 61.1 Å². The van der Waals surface area contributed by atoms with E-state index in [0.717, 1.165) is 24.8 Å². The first-order valence-corrected chi connectivity index (χ1v) is 12.8. The Morgan fingerprint density at radius 2 is 1.51 bits per heavy atom. The molecule has 0 bridgehead atoms. The number of ether oxygens (including phenoxy) is 3. The van der Waals surface area contributed by atoms with E-state index in [9.17, 15) is 4.79 Å². The number of benzene rings is 3. The molecule has 184 valence electrons. The van der Waals surface area contributed by atoms with Gasteiger partial charge in [-0.15, -0.1) is 0 Å². The minimum atomic E-state index is -0.561. The first-order chi connectivity index (χ1) is 17.1. The Balaban J connectivity index is 1.38. The number of esters is 1. The minimum Gasteiger partial charge on any atom is -0.464 e. The van der Waals surface area contributed by atoms with Crippen LogP contribution in [0.25, 0.3) is 11.1 Å². The number of hydrogen-bond donors (Lipinski definition) is 0. The van der Waals surface area contributed by atoms with E-state index in [0.29, 0.717) is 26.2 Å². The molecule has 3 aromatic carbocycles. The van der Waals surface area contributed by atoms with E-state index in [1.54, 1.807) is 0 Å². The fourth-order valence-electron chi connectivity index (χ4n) is 4.82. The van der Waals surface area contributed by atoms with Crippen molar-refractivity contribution in [1.82, 2.24) is 0 Å². The second kappa shape index (κ2) is 12.1. The summed E-state index contributed by atoms with van der Waals surface area (Å²) in [6, 6.07) is 23.8. The van der Waals surface area contributed by atoms with Crippen molar-refractivity contribution >= 4 is 5.97 Å². The molecular formula is C31H36O4. The first-order valence-electron chi connectivity index (χ1n) is 12.8. The highest BCUT2D eigenvalue weighted by Gasteiger charge is 2.29. The molecule has 35 heavy (non-hydrogen) atoms. The molecule has 0 fully saturated rings. The number of hydrogen-bond acceptors (Lipinski definition) is 4. The normalized spacial score (nSPS) is 14.9. The molecule has 1 aliphatic carbocycles. The van der Waals surface area contributed by atoms with Gasteiger partial charge in [-0.3, -0.25) is 0 Å². The highest BCUT2D eigenvalue weighted by Crippen LogP contribution is 2.45. The molecule has 0 heterocycles. The molecule has 2 atom stereocenters. The lowest BCUT2D eigenvalue weighted by Gasteiger charge is -2.16. The van der Waals surface area contributed by atoms with E-state index in [2.05, 4.69) is 73.7 Å². The van der Waals surface area contributed by atoms with Crippen LogP contribution in [0.5, 0.6) is 0 Å². The Morgan fingerprint density at radius 3 is 2.26 bits per heavy atom. The van der Waals surface area contributed by atoms with Crippen LogP contribution in [0.15, 0.2) is 66.7 Å². The molecule has 0 saturated heterocycles. The Hall–Kier alpha value is -2.95. The van der Waals surface area contributed by atoms with E-state index >= 15 is 0 Å². The number of carbonyl (C=O) groups is 1. The quantitative estimate of drug-likeness (QED) is 0.283. The highest BCUT2D eigenvalue weighted by molar-refractivity contribution is 5.78. The summed E-state index contributed by atoms with van der Waals surface area (Å²) in [4.78, 5) is 12.1. The van der Waals surface area contributed by atoms with Crippen LogP contribution in [-0.4, -0.2) is 31.9 Å². The van der Waals surface area contributed by atoms with Crippen LogP contribution in [-0.2, 0) is 38.3 Å². The lowest BCUT2D eigenvalue weighted by molar-refractivity contribution is -0.156. The van der Waals surface area contributed by atoms with Crippen molar-refractivity contribution in [2.24, 2.45) is 0 Å². The molecule has 4 heteroatoms. The smallest absolute Gasteiger partial charge is 0.335 e. The summed E-state index contributed by atoms with van der Waals surface area (Å²) < 4.78 is 17.2. The molecule has 0 saturated carbocycles. The number of carbonyl (C=O) groups excluding carboxylic acids is 1. The molecule has 0 spiro atoms. The summed E-state index contributed by atoms with van der Waals surface area (Å²) in [5, 5.41) is 0. The van der Waals surface area contributed by atoms with Crippen LogP contribution in [0, 0.1) is 0 Å². The van der Waals surface area contributed by atoms with Gasteiger partial charge in [0.2, 0.25) is 0 Å². The average molecular weight is 473 g/mol. The van der Waals surface area contributed by atoms with Crippen molar-refractivity contribution in [1.29, 1.82) is 0 Å². The van der Waals surface area contributed by atoms with Gasteiger partial charge in [-0.2, -0.15) is 0 Å². The molecule has 0 aromatic heterocycles. The molecule has 3 aromatic rings. The third-order valence-corrected chi connectivity index (χ3v) is 6.51. The average Bonchev–Trinajstić information content (AvgIpc) is 3.18. The Kier molecular flexibility index (Phi) is 8.73. The molecule has 0 aliphatic heterocycles. The van der Waals surface area contributed by atoms with Crippen molar-refractivity contribution < 1.29 is 19.0 Å². The number of fused-ring (bicyclic) bond motifs is 3. The molecule has 0 amide bonds. The summed E-state index contributed by atoms with van der Waals surface area (Å²) in [6.45, 7) is 7.39. The van der Waals surface area contributed by atoms with Crippen molar-refractivity contribution in [3.63, 3.8) is 0 Å². The van der Waals surface area contributed by atoms with Gasteiger partial charge < -0.3 is 14.2 Å². The zero-order valence-corrected chi connectivity index (χ0v) is 21.1. The molecule has 0 N–H and O–H groups in total. The lowest BCUT2D eigenvalue weighted by atomic mass is 10.0. The van der Waals surface area contributed by atoms with Crippen LogP contribution >= 0.6 is 0 Å². The van der Waals surface area contributed by atoms with Gasteiger partial charge in [-0.05, 0) is 65.6 Å². The maximum atomic E-state index is 12.1. The van der Waals surface area contributed by atoms with Crippen molar-refractivity contribution in [2.75, 3.05) is 19.8 Å². The van der Waals surface area contributed by atoms with E-state index in [-0.39, 0.29) is 12.1 Å². The summed E-state index contributed by atoms with van der Waals surface area (Å²) in [6.07, 6.45) is 3.01. The fraction of sp³-hybridized carbons (Fsp3) is 0.387. The maximum absolute atomic E-state index is 12.1. The summed E-state index contributed by atoms with van der Waals surface area (Å²) in [7, 11) is 0. The minimum absolute atomic E-state index is 0.0207. The third kappa shape index (κ3) is 6.01. The second-order valence-electron chi connectivity index (χ2n) is 8.98. The third-order valence-electron chi connectivity index (χ3n) is 6.51. The van der Waals surface area contributed by atoms with E-state index in [1.165, 1.54) is 33.4 Å².